The molecule has 4 nitrogen and oxygen atoms in total. The van der Waals surface area contributed by atoms with Gasteiger partial charge in [0.15, 0.2) is 0 Å². The van der Waals surface area contributed by atoms with Gasteiger partial charge in [-0.1, -0.05) is 25.1 Å². The van der Waals surface area contributed by atoms with E-state index in [9.17, 15) is 8.42 Å². The fourth-order valence-electron chi connectivity index (χ4n) is 1.61. The van der Waals surface area contributed by atoms with Crippen LogP contribution in [-0.2, 0) is 10.0 Å². The number of hydrogen-bond donors (Lipinski definition) is 0. The average molecular weight is 252 g/mol. The Hall–Kier alpha value is -1.38. The summed E-state index contributed by atoms with van der Waals surface area (Å²) in [5.74, 6) is 0. The fraction of sp³-hybridized carbons (Fsp3) is 0.417. The summed E-state index contributed by atoms with van der Waals surface area (Å²) in [6.07, 6.45) is 0.207. The predicted molar refractivity (Wildman–Crippen MR) is 65.8 cm³/mol. The molecule has 0 aromatic heterocycles. The van der Waals surface area contributed by atoms with Crippen LogP contribution >= 0.6 is 0 Å². The van der Waals surface area contributed by atoms with E-state index in [2.05, 4.69) is 0 Å². The van der Waals surface area contributed by atoms with E-state index in [0.29, 0.717) is 11.4 Å². The van der Waals surface area contributed by atoms with Crippen LogP contribution in [0.3, 0.4) is 0 Å². The topological polar surface area (TPSA) is 61.2 Å². The molecule has 0 fully saturated rings. The molecule has 0 aliphatic carbocycles. The first-order valence-corrected chi connectivity index (χ1v) is 6.90. The monoisotopic (exact) mass is 252 g/mol. The van der Waals surface area contributed by atoms with Gasteiger partial charge in [-0.2, -0.15) is 9.57 Å². The minimum atomic E-state index is -3.47. The molecule has 17 heavy (non-hydrogen) atoms. The third-order valence-electron chi connectivity index (χ3n) is 2.54. The number of benzene rings is 1. The quantitative estimate of drug-likeness (QED) is 0.804. The molecule has 0 unspecified atom stereocenters. The molecule has 1 rings (SSSR count). The predicted octanol–water partition coefficient (Wildman–Crippen LogP) is 1.92. The van der Waals surface area contributed by atoms with Crippen molar-refractivity contribution in [2.45, 2.75) is 25.2 Å². The van der Waals surface area contributed by atoms with Crippen molar-refractivity contribution in [1.82, 2.24) is 4.31 Å². The van der Waals surface area contributed by atoms with Crippen LogP contribution in [0.1, 0.15) is 18.9 Å². The molecule has 0 bridgehead atoms. The molecule has 0 spiro atoms. The molecule has 0 amide bonds. The molecule has 0 N–H and O–H groups in total. The van der Waals surface area contributed by atoms with Gasteiger partial charge < -0.3 is 0 Å². The van der Waals surface area contributed by atoms with Crippen LogP contribution in [0.2, 0.25) is 0 Å². The Kier molecular flexibility index (Phi) is 4.67. The number of nitrogens with zero attached hydrogens (tertiary/aromatic N) is 2. The lowest BCUT2D eigenvalue weighted by molar-refractivity contribution is 0.434. The molecule has 5 heteroatoms. The fourth-order valence-corrected chi connectivity index (χ4v) is 3.28. The van der Waals surface area contributed by atoms with Gasteiger partial charge >= 0.3 is 0 Å². The zero-order valence-corrected chi connectivity index (χ0v) is 10.9. The van der Waals surface area contributed by atoms with Gasteiger partial charge in [0.05, 0.1) is 11.0 Å². The van der Waals surface area contributed by atoms with Gasteiger partial charge in [0.2, 0.25) is 10.0 Å². The second-order valence-electron chi connectivity index (χ2n) is 3.67. The summed E-state index contributed by atoms with van der Waals surface area (Å²) in [4.78, 5) is 0.319. The second kappa shape index (κ2) is 5.80. The van der Waals surface area contributed by atoms with Gasteiger partial charge in [0, 0.05) is 19.5 Å². The summed E-state index contributed by atoms with van der Waals surface area (Å²) in [5, 5.41) is 8.53. The van der Waals surface area contributed by atoms with Crippen molar-refractivity contribution >= 4 is 10.0 Å². The van der Waals surface area contributed by atoms with E-state index < -0.39 is 10.0 Å². The number of nitriles is 1. The van der Waals surface area contributed by atoms with E-state index in [1.54, 1.807) is 38.1 Å². The highest BCUT2D eigenvalue weighted by Gasteiger charge is 2.23. The molecule has 92 valence electrons. The third-order valence-corrected chi connectivity index (χ3v) is 4.67. The Bertz CT molecular complexity index is 518. The maximum absolute atomic E-state index is 12.3. The van der Waals surface area contributed by atoms with Crippen LogP contribution in [0.25, 0.3) is 0 Å². The van der Waals surface area contributed by atoms with Crippen LogP contribution in [0.4, 0.5) is 0 Å². The molecule has 0 saturated heterocycles. The van der Waals surface area contributed by atoms with E-state index in [-0.39, 0.29) is 13.0 Å². The molecule has 0 saturated carbocycles. The molecule has 1 aromatic rings. The van der Waals surface area contributed by atoms with Gasteiger partial charge in [0.1, 0.15) is 0 Å². The molecular formula is C12H16N2O2S. The summed E-state index contributed by atoms with van der Waals surface area (Å²) < 4.78 is 25.9. The highest BCUT2D eigenvalue weighted by molar-refractivity contribution is 7.89. The SMILES string of the molecule is CCN(CCC#N)S(=O)(=O)c1ccccc1C. The van der Waals surface area contributed by atoms with Gasteiger partial charge in [-0.15, -0.1) is 0 Å². The van der Waals surface area contributed by atoms with Crippen LogP contribution in [-0.4, -0.2) is 25.8 Å². The number of sulfonamides is 1. The maximum Gasteiger partial charge on any atom is 0.243 e. The zero-order chi connectivity index (χ0) is 12.9. The molecule has 0 aliphatic heterocycles. The van der Waals surface area contributed by atoms with Crippen molar-refractivity contribution in [3.63, 3.8) is 0 Å². The van der Waals surface area contributed by atoms with Crippen LogP contribution in [0.15, 0.2) is 29.2 Å². The average Bonchev–Trinajstić information content (AvgIpc) is 2.30. The van der Waals surface area contributed by atoms with Gasteiger partial charge in [-0.05, 0) is 18.6 Å². The molecule has 0 heterocycles. The lowest BCUT2D eigenvalue weighted by atomic mass is 10.2. The van der Waals surface area contributed by atoms with Crippen molar-refractivity contribution in [3.8, 4) is 6.07 Å². The molecular weight excluding hydrogens is 236 g/mol. The minimum absolute atomic E-state index is 0.207. The highest BCUT2D eigenvalue weighted by atomic mass is 32.2. The van der Waals surface area contributed by atoms with Crippen molar-refractivity contribution < 1.29 is 8.42 Å². The Labute approximate surface area is 103 Å². The number of hydrogen-bond acceptors (Lipinski definition) is 3. The minimum Gasteiger partial charge on any atom is -0.207 e. The standard InChI is InChI=1S/C12H16N2O2S/c1-3-14(10-6-9-13)17(15,16)12-8-5-4-7-11(12)2/h4-5,7-8H,3,6,10H2,1-2H3. The van der Waals surface area contributed by atoms with Gasteiger partial charge in [-0.3, -0.25) is 0 Å². The smallest absolute Gasteiger partial charge is 0.207 e. The van der Waals surface area contributed by atoms with Crippen LogP contribution in [0, 0.1) is 18.3 Å². The van der Waals surface area contributed by atoms with E-state index in [1.807, 2.05) is 6.07 Å². The Balaban J connectivity index is 3.10. The Morgan fingerprint density at radius 2 is 2.00 bits per heavy atom. The first kappa shape index (κ1) is 13.7. The number of aryl methyl sites for hydroxylation is 1. The van der Waals surface area contributed by atoms with Crippen molar-refractivity contribution in [1.29, 1.82) is 5.26 Å². The summed E-state index contributed by atoms with van der Waals surface area (Å²) in [6.45, 7) is 4.15. The first-order chi connectivity index (χ1) is 8.04. The Morgan fingerprint density at radius 1 is 1.35 bits per heavy atom. The van der Waals surface area contributed by atoms with Gasteiger partial charge in [0.25, 0.3) is 0 Å². The van der Waals surface area contributed by atoms with Crippen molar-refractivity contribution in [2.75, 3.05) is 13.1 Å². The highest BCUT2D eigenvalue weighted by Crippen LogP contribution is 2.19. The van der Waals surface area contributed by atoms with Crippen molar-refractivity contribution in [3.05, 3.63) is 29.8 Å². The third kappa shape index (κ3) is 3.05. The lowest BCUT2D eigenvalue weighted by Gasteiger charge is -2.20. The summed E-state index contributed by atoms with van der Waals surface area (Å²) in [7, 11) is -3.47. The largest absolute Gasteiger partial charge is 0.243 e. The Morgan fingerprint density at radius 3 is 2.53 bits per heavy atom. The number of rotatable bonds is 5. The van der Waals surface area contributed by atoms with E-state index in [0.717, 1.165) is 5.56 Å². The van der Waals surface area contributed by atoms with Crippen molar-refractivity contribution in [2.24, 2.45) is 0 Å². The second-order valence-corrected chi connectivity index (χ2v) is 5.58. The molecule has 0 atom stereocenters. The van der Waals surface area contributed by atoms with Crippen LogP contribution in [0.5, 0.6) is 0 Å². The lowest BCUT2D eigenvalue weighted by Crippen LogP contribution is -2.32. The van der Waals surface area contributed by atoms with E-state index in [1.165, 1.54) is 4.31 Å². The summed E-state index contributed by atoms with van der Waals surface area (Å²) in [6, 6.07) is 8.84. The molecule has 0 radical (unpaired) electrons. The zero-order valence-electron chi connectivity index (χ0n) is 10.0. The van der Waals surface area contributed by atoms with Gasteiger partial charge in [-0.25, -0.2) is 8.42 Å². The molecule has 0 aliphatic rings. The first-order valence-electron chi connectivity index (χ1n) is 5.46. The molecule has 1 aromatic carbocycles. The van der Waals surface area contributed by atoms with E-state index in [4.69, 9.17) is 5.26 Å². The van der Waals surface area contributed by atoms with Crippen LogP contribution < -0.4 is 0 Å². The maximum atomic E-state index is 12.3. The summed E-state index contributed by atoms with van der Waals surface area (Å²) in [5.41, 5.74) is 0.725. The van der Waals surface area contributed by atoms with E-state index >= 15 is 0 Å². The summed E-state index contributed by atoms with van der Waals surface area (Å²) >= 11 is 0. The normalized spacial score (nSPS) is 11.4.